The number of hydrogen-bond acceptors (Lipinski definition) is 3. The number of fused-ring (bicyclic) bond motifs is 1. The van der Waals surface area contributed by atoms with E-state index in [2.05, 4.69) is 10.3 Å². The van der Waals surface area contributed by atoms with Gasteiger partial charge in [-0.1, -0.05) is 11.6 Å². The summed E-state index contributed by atoms with van der Waals surface area (Å²) in [6, 6.07) is 9.80. The molecule has 1 aliphatic rings. The molecule has 1 amide bonds. The second-order valence-corrected chi connectivity index (χ2v) is 6.63. The molecule has 0 aliphatic heterocycles. The summed E-state index contributed by atoms with van der Waals surface area (Å²) in [6.07, 6.45) is 3.95. The maximum atomic E-state index is 12.0. The standard InChI is InChI=1S/C15H12ClN3OS/c16-9-1-4-12-11(7-9)17-8-19(12)14-6-5-13(21-14)15(20)18-10-2-3-10/h1,4-8,10H,2-3H2,(H,18,20). The van der Waals surface area contributed by atoms with Crippen LogP contribution in [0.25, 0.3) is 16.0 Å². The van der Waals surface area contributed by atoms with Crippen molar-refractivity contribution in [1.82, 2.24) is 14.9 Å². The number of carbonyl (C=O) groups is 1. The predicted molar refractivity (Wildman–Crippen MR) is 84.4 cm³/mol. The van der Waals surface area contributed by atoms with Crippen LogP contribution < -0.4 is 5.32 Å². The van der Waals surface area contributed by atoms with Crippen LogP contribution in [0, 0.1) is 0 Å². The lowest BCUT2D eigenvalue weighted by Gasteiger charge is -2.01. The highest BCUT2D eigenvalue weighted by molar-refractivity contribution is 7.16. The molecule has 0 unspecified atom stereocenters. The van der Waals surface area contributed by atoms with E-state index in [9.17, 15) is 4.79 Å². The Morgan fingerprint density at radius 3 is 3.00 bits per heavy atom. The molecule has 4 nitrogen and oxygen atoms in total. The number of thiophene rings is 1. The monoisotopic (exact) mass is 317 g/mol. The number of rotatable bonds is 3. The number of nitrogens with zero attached hydrogens (tertiary/aromatic N) is 2. The highest BCUT2D eigenvalue weighted by Crippen LogP contribution is 2.27. The Kier molecular flexibility index (Phi) is 2.97. The van der Waals surface area contributed by atoms with Crippen LogP contribution in [0.2, 0.25) is 5.02 Å². The molecule has 1 N–H and O–H groups in total. The van der Waals surface area contributed by atoms with Gasteiger partial charge < -0.3 is 5.32 Å². The van der Waals surface area contributed by atoms with Crippen LogP contribution >= 0.6 is 22.9 Å². The Morgan fingerprint density at radius 1 is 1.33 bits per heavy atom. The number of hydrogen-bond donors (Lipinski definition) is 1. The molecule has 0 atom stereocenters. The van der Waals surface area contributed by atoms with Crippen LogP contribution in [0.15, 0.2) is 36.7 Å². The lowest BCUT2D eigenvalue weighted by atomic mass is 10.3. The SMILES string of the molecule is O=C(NC1CC1)c1ccc(-n2cnc3cc(Cl)ccc32)s1. The Balaban J connectivity index is 1.68. The third kappa shape index (κ3) is 2.43. The molecule has 106 valence electrons. The summed E-state index contributed by atoms with van der Waals surface area (Å²) in [7, 11) is 0. The van der Waals surface area contributed by atoms with Crippen molar-refractivity contribution >= 4 is 39.9 Å². The molecular weight excluding hydrogens is 306 g/mol. The Labute approximate surface area is 130 Å². The largest absolute Gasteiger partial charge is 0.349 e. The number of aromatic nitrogens is 2. The zero-order chi connectivity index (χ0) is 14.4. The molecule has 0 saturated heterocycles. The molecule has 4 rings (SSSR count). The van der Waals surface area contributed by atoms with Gasteiger partial charge in [-0.25, -0.2) is 4.98 Å². The molecule has 0 spiro atoms. The van der Waals surface area contributed by atoms with Gasteiger partial charge in [-0.3, -0.25) is 9.36 Å². The molecule has 1 aliphatic carbocycles. The van der Waals surface area contributed by atoms with Crippen molar-refractivity contribution in [3.05, 3.63) is 46.6 Å². The van der Waals surface area contributed by atoms with Gasteiger partial charge in [0.1, 0.15) is 11.3 Å². The van der Waals surface area contributed by atoms with Gasteiger partial charge in [0.25, 0.3) is 5.91 Å². The fourth-order valence-electron chi connectivity index (χ4n) is 2.22. The molecule has 1 saturated carbocycles. The van der Waals surface area contributed by atoms with E-state index in [0.717, 1.165) is 33.8 Å². The first-order valence-corrected chi connectivity index (χ1v) is 7.94. The summed E-state index contributed by atoms with van der Waals surface area (Å²) in [5.74, 6) is 0.0150. The van der Waals surface area contributed by atoms with Crippen molar-refractivity contribution in [2.75, 3.05) is 0 Å². The zero-order valence-electron chi connectivity index (χ0n) is 11.0. The Morgan fingerprint density at radius 2 is 2.19 bits per heavy atom. The van der Waals surface area contributed by atoms with Gasteiger partial charge in [0.2, 0.25) is 0 Å². The van der Waals surface area contributed by atoms with Gasteiger partial charge >= 0.3 is 0 Å². The summed E-state index contributed by atoms with van der Waals surface area (Å²) in [5, 5.41) is 4.65. The number of nitrogens with one attached hydrogen (secondary N) is 1. The third-order valence-corrected chi connectivity index (χ3v) is 4.79. The summed E-state index contributed by atoms with van der Waals surface area (Å²) in [5.41, 5.74) is 1.83. The predicted octanol–water partition coefficient (Wildman–Crippen LogP) is 3.63. The first-order chi connectivity index (χ1) is 10.2. The molecule has 0 radical (unpaired) electrons. The van der Waals surface area contributed by atoms with Crippen molar-refractivity contribution in [2.45, 2.75) is 18.9 Å². The second kappa shape index (κ2) is 4.86. The normalized spacial score (nSPS) is 14.5. The maximum Gasteiger partial charge on any atom is 0.261 e. The van der Waals surface area contributed by atoms with Gasteiger partial charge in [-0.05, 0) is 43.2 Å². The highest BCUT2D eigenvalue weighted by Gasteiger charge is 2.24. The van der Waals surface area contributed by atoms with E-state index in [1.807, 2.05) is 34.9 Å². The molecular formula is C15H12ClN3OS. The first kappa shape index (κ1) is 12.9. The molecule has 0 bridgehead atoms. The van der Waals surface area contributed by atoms with E-state index in [-0.39, 0.29) is 5.91 Å². The lowest BCUT2D eigenvalue weighted by molar-refractivity contribution is 0.0955. The summed E-state index contributed by atoms with van der Waals surface area (Å²) < 4.78 is 1.98. The molecule has 1 aromatic carbocycles. The first-order valence-electron chi connectivity index (χ1n) is 6.74. The van der Waals surface area contributed by atoms with Crippen molar-refractivity contribution in [3.63, 3.8) is 0 Å². The smallest absolute Gasteiger partial charge is 0.261 e. The quantitative estimate of drug-likeness (QED) is 0.801. The summed E-state index contributed by atoms with van der Waals surface area (Å²) in [4.78, 5) is 17.1. The van der Waals surface area contributed by atoms with Gasteiger partial charge in [-0.2, -0.15) is 0 Å². The average molecular weight is 318 g/mol. The van der Waals surface area contributed by atoms with Crippen LogP contribution in [-0.2, 0) is 0 Å². The molecule has 6 heteroatoms. The van der Waals surface area contributed by atoms with E-state index >= 15 is 0 Å². The summed E-state index contributed by atoms with van der Waals surface area (Å²) >= 11 is 7.44. The zero-order valence-corrected chi connectivity index (χ0v) is 12.6. The highest BCUT2D eigenvalue weighted by atomic mass is 35.5. The number of imidazole rings is 1. The minimum atomic E-state index is 0.0150. The lowest BCUT2D eigenvalue weighted by Crippen LogP contribution is -2.24. The van der Waals surface area contributed by atoms with Crippen molar-refractivity contribution in [3.8, 4) is 5.00 Å². The maximum absolute atomic E-state index is 12.0. The van der Waals surface area contributed by atoms with Crippen LogP contribution in [0.1, 0.15) is 22.5 Å². The summed E-state index contributed by atoms with van der Waals surface area (Å²) in [6.45, 7) is 0. The Bertz CT molecular complexity index is 834. The van der Waals surface area contributed by atoms with E-state index < -0.39 is 0 Å². The van der Waals surface area contributed by atoms with Crippen molar-refractivity contribution < 1.29 is 4.79 Å². The number of benzene rings is 1. The van der Waals surface area contributed by atoms with Crippen LogP contribution in [0.3, 0.4) is 0 Å². The number of halogens is 1. The average Bonchev–Trinajstić information content (AvgIpc) is 3.01. The fraction of sp³-hybridized carbons (Fsp3) is 0.200. The molecule has 3 aromatic rings. The van der Waals surface area contributed by atoms with Gasteiger partial charge in [-0.15, -0.1) is 11.3 Å². The van der Waals surface area contributed by atoms with E-state index in [1.54, 1.807) is 6.33 Å². The Hall–Kier alpha value is -1.85. The third-order valence-electron chi connectivity index (χ3n) is 3.47. The van der Waals surface area contributed by atoms with E-state index in [0.29, 0.717) is 11.1 Å². The number of amides is 1. The fourth-order valence-corrected chi connectivity index (χ4v) is 3.28. The molecule has 2 aromatic heterocycles. The van der Waals surface area contributed by atoms with Crippen molar-refractivity contribution in [1.29, 1.82) is 0 Å². The van der Waals surface area contributed by atoms with Crippen LogP contribution in [-0.4, -0.2) is 21.5 Å². The number of carbonyl (C=O) groups excluding carboxylic acids is 1. The van der Waals surface area contributed by atoms with Crippen LogP contribution in [0.4, 0.5) is 0 Å². The van der Waals surface area contributed by atoms with E-state index in [4.69, 9.17) is 11.6 Å². The topological polar surface area (TPSA) is 46.9 Å². The van der Waals surface area contributed by atoms with Gasteiger partial charge in [0.15, 0.2) is 0 Å². The minimum Gasteiger partial charge on any atom is -0.349 e. The van der Waals surface area contributed by atoms with Gasteiger partial charge in [0.05, 0.1) is 15.9 Å². The van der Waals surface area contributed by atoms with Gasteiger partial charge in [0, 0.05) is 11.1 Å². The van der Waals surface area contributed by atoms with Crippen molar-refractivity contribution in [2.24, 2.45) is 0 Å². The van der Waals surface area contributed by atoms with E-state index in [1.165, 1.54) is 11.3 Å². The molecule has 21 heavy (non-hydrogen) atoms. The molecule has 1 fully saturated rings. The van der Waals surface area contributed by atoms with Crippen LogP contribution in [0.5, 0.6) is 0 Å². The molecule has 2 heterocycles. The minimum absolute atomic E-state index is 0.0150. The second-order valence-electron chi connectivity index (χ2n) is 5.13.